The quantitative estimate of drug-likeness (QED) is 0.846. The van der Waals surface area contributed by atoms with Gasteiger partial charge >= 0.3 is 5.97 Å². The van der Waals surface area contributed by atoms with Gasteiger partial charge in [0, 0.05) is 24.7 Å². The number of carboxylic acids is 1. The van der Waals surface area contributed by atoms with Crippen molar-refractivity contribution in [2.24, 2.45) is 0 Å². The van der Waals surface area contributed by atoms with Gasteiger partial charge in [0.1, 0.15) is 0 Å². The van der Waals surface area contributed by atoms with Crippen molar-refractivity contribution in [1.82, 2.24) is 9.97 Å². The number of nitrogens with zero attached hydrogens (tertiary/aromatic N) is 3. The van der Waals surface area contributed by atoms with Crippen LogP contribution in [0.25, 0.3) is 10.9 Å². The first-order valence-electron chi connectivity index (χ1n) is 5.49. The van der Waals surface area contributed by atoms with E-state index in [1.54, 1.807) is 24.4 Å². The smallest absolute Gasteiger partial charge is 0.335 e. The summed E-state index contributed by atoms with van der Waals surface area (Å²) in [7, 11) is 0. The van der Waals surface area contributed by atoms with Crippen molar-refractivity contribution in [3.63, 3.8) is 0 Å². The molecule has 1 N–H and O–H groups in total. The van der Waals surface area contributed by atoms with Crippen LogP contribution >= 0.6 is 0 Å². The molecule has 5 nitrogen and oxygen atoms in total. The molecule has 0 bridgehead atoms. The zero-order chi connectivity index (χ0) is 11.8. The van der Waals surface area contributed by atoms with Crippen molar-refractivity contribution in [1.29, 1.82) is 0 Å². The molecular weight excluding hydrogens is 218 g/mol. The van der Waals surface area contributed by atoms with Crippen molar-refractivity contribution >= 4 is 22.8 Å². The average molecular weight is 229 g/mol. The normalized spacial score (nSPS) is 14.7. The van der Waals surface area contributed by atoms with Crippen LogP contribution in [0, 0.1) is 0 Å². The Kier molecular flexibility index (Phi) is 2.18. The number of hydrogen-bond acceptors (Lipinski definition) is 4. The molecule has 2 heterocycles. The minimum Gasteiger partial charge on any atom is -0.478 e. The highest BCUT2D eigenvalue weighted by Crippen LogP contribution is 2.19. The molecule has 1 saturated heterocycles. The number of fused-ring (bicyclic) bond motifs is 1. The molecule has 17 heavy (non-hydrogen) atoms. The van der Waals surface area contributed by atoms with E-state index in [0.717, 1.165) is 29.9 Å². The molecule has 1 aromatic carbocycles. The first-order chi connectivity index (χ1) is 8.24. The Morgan fingerprint density at radius 2 is 2.18 bits per heavy atom. The first kappa shape index (κ1) is 10.0. The maximum absolute atomic E-state index is 10.8. The molecule has 0 aliphatic carbocycles. The van der Waals surface area contributed by atoms with Crippen molar-refractivity contribution in [2.75, 3.05) is 18.0 Å². The summed E-state index contributed by atoms with van der Waals surface area (Å²) < 4.78 is 0. The maximum Gasteiger partial charge on any atom is 0.335 e. The van der Waals surface area contributed by atoms with Gasteiger partial charge in [0.15, 0.2) is 0 Å². The zero-order valence-electron chi connectivity index (χ0n) is 9.13. The fourth-order valence-electron chi connectivity index (χ4n) is 1.83. The molecule has 1 aromatic heterocycles. The Morgan fingerprint density at radius 1 is 1.35 bits per heavy atom. The van der Waals surface area contributed by atoms with E-state index >= 15 is 0 Å². The van der Waals surface area contributed by atoms with E-state index in [-0.39, 0.29) is 5.56 Å². The fourth-order valence-corrected chi connectivity index (χ4v) is 1.83. The number of benzene rings is 1. The summed E-state index contributed by atoms with van der Waals surface area (Å²) in [4.78, 5) is 21.6. The second-order valence-electron chi connectivity index (χ2n) is 4.09. The SMILES string of the molecule is O=C(O)c1ccc2nc(N3CCC3)ncc2c1. The van der Waals surface area contributed by atoms with Crippen molar-refractivity contribution in [3.05, 3.63) is 30.0 Å². The van der Waals surface area contributed by atoms with Crippen LogP contribution in [-0.4, -0.2) is 34.1 Å². The molecule has 1 fully saturated rings. The number of rotatable bonds is 2. The Hall–Kier alpha value is -2.17. The third-order valence-electron chi connectivity index (χ3n) is 2.95. The Morgan fingerprint density at radius 3 is 2.82 bits per heavy atom. The van der Waals surface area contributed by atoms with Gasteiger partial charge in [0.2, 0.25) is 5.95 Å². The van der Waals surface area contributed by atoms with E-state index in [0.29, 0.717) is 0 Å². The van der Waals surface area contributed by atoms with Crippen molar-refractivity contribution in [3.8, 4) is 0 Å². The molecule has 0 radical (unpaired) electrons. The summed E-state index contributed by atoms with van der Waals surface area (Å²) in [5, 5.41) is 9.64. The molecule has 3 rings (SSSR count). The number of hydrogen-bond donors (Lipinski definition) is 1. The van der Waals surface area contributed by atoms with E-state index in [2.05, 4.69) is 14.9 Å². The van der Waals surface area contributed by atoms with Crippen LogP contribution in [0.4, 0.5) is 5.95 Å². The predicted octanol–water partition coefficient (Wildman–Crippen LogP) is 1.54. The monoisotopic (exact) mass is 229 g/mol. The summed E-state index contributed by atoms with van der Waals surface area (Å²) in [6.07, 6.45) is 2.86. The summed E-state index contributed by atoms with van der Waals surface area (Å²) >= 11 is 0. The van der Waals surface area contributed by atoms with Gasteiger partial charge in [-0.2, -0.15) is 0 Å². The minimum absolute atomic E-state index is 0.262. The van der Waals surface area contributed by atoms with E-state index in [9.17, 15) is 4.79 Å². The molecule has 0 spiro atoms. The first-order valence-corrected chi connectivity index (χ1v) is 5.49. The summed E-state index contributed by atoms with van der Waals surface area (Å²) in [6, 6.07) is 4.89. The van der Waals surface area contributed by atoms with Gasteiger partial charge in [-0.15, -0.1) is 0 Å². The van der Waals surface area contributed by atoms with E-state index in [1.165, 1.54) is 6.42 Å². The number of carboxylic acid groups (broad SMARTS) is 1. The summed E-state index contributed by atoms with van der Waals surface area (Å²) in [6.45, 7) is 2.00. The standard InChI is InChI=1S/C12H11N3O2/c16-11(17)8-2-3-10-9(6-8)7-13-12(14-10)15-4-1-5-15/h2-3,6-7H,1,4-5H2,(H,16,17). The summed E-state index contributed by atoms with van der Waals surface area (Å²) in [5.41, 5.74) is 1.05. The molecule has 86 valence electrons. The third kappa shape index (κ3) is 1.69. The van der Waals surface area contributed by atoms with Crippen LogP contribution in [0.2, 0.25) is 0 Å². The topological polar surface area (TPSA) is 66.3 Å². The van der Waals surface area contributed by atoms with Crippen LogP contribution in [0.3, 0.4) is 0 Å². The summed E-state index contributed by atoms with van der Waals surface area (Å²) in [5.74, 6) is -0.203. The van der Waals surface area contributed by atoms with Gasteiger partial charge in [-0.25, -0.2) is 14.8 Å². The molecule has 0 amide bonds. The lowest BCUT2D eigenvalue weighted by atomic mass is 10.1. The second kappa shape index (κ2) is 3.69. The van der Waals surface area contributed by atoms with E-state index < -0.39 is 5.97 Å². The lowest BCUT2D eigenvalue weighted by molar-refractivity contribution is 0.0697. The Labute approximate surface area is 97.7 Å². The molecule has 1 aliphatic heterocycles. The number of anilines is 1. The largest absolute Gasteiger partial charge is 0.478 e. The van der Waals surface area contributed by atoms with E-state index in [4.69, 9.17) is 5.11 Å². The van der Waals surface area contributed by atoms with Crippen molar-refractivity contribution in [2.45, 2.75) is 6.42 Å². The van der Waals surface area contributed by atoms with Gasteiger partial charge in [0.05, 0.1) is 11.1 Å². The Bertz CT molecular complexity index is 593. The molecule has 2 aromatic rings. The predicted molar refractivity (Wildman–Crippen MR) is 63.3 cm³/mol. The molecule has 0 saturated carbocycles. The van der Waals surface area contributed by atoms with Gasteiger partial charge in [-0.3, -0.25) is 0 Å². The van der Waals surface area contributed by atoms with Gasteiger partial charge in [-0.05, 0) is 24.6 Å². The van der Waals surface area contributed by atoms with Crippen molar-refractivity contribution < 1.29 is 9.90 Å². The molecule has 1 aliphatic rings. The molecule has 0 unspecified atom stereocenters. The van der Waals surface area contributed by atoms with Gasteiger partial charge < -0.3 is 10.0 Å². The van der Waals surface area contributed by atoms with Gasteiger partial charge in [0.25, 0.3) is 0 Å². The number of aromatic carboxylic acids is 1. The van der Waals surface area contributed by atoms with Crippen LogP contribution < -0.4 is 4.90 Å². The third-order valence-corrected chi connectivity index (χ3v) is 2.95. The molecule has 0 atom stereocenters. The number of carbonyl (C=O) groups is 1. The van der Waals surface area contributed by atoms with Gasteiger partial charge in [-0.1, -0.05) is 0 Å². The highest BCUT2D eigenvalue weighted by molar-refractivity contribution is 5.93. The zero-order valence-corrected chi connectivity index (χ0v) is 9.13. The highest BCUT2D eigenvalue weighted by atomic mass is 16.4. The number of aromatic nitrogens is 2. The molecular formula is C12H11N3O2. The lowest BCUT2D eigenvalue weighted by Gasteiger charge is -2.30. The van der Waals surface area contributed by atoms with Crippen LogP contribution in [-0.2, 0) is 0 Å². The van der Waals surface area contributed by atoms with Crippen LogP contribution in [0.1, 0.15) is 16.8 Å². The Balaban J connectivity index is 2.05. The van der Waals surface area contributed by atoms with Crippen LogP contribution in [0.5, 0.6) is 0 Å². The minimum atomic E-state index is -0.932. The van der Waals surface area contributed by atoms with Crippen LogP contribution in [0.15, 0.2) is 24.4 Å². The highest BCUT2D eigenvalue weighted by Gasteiger charge is 2.17. The second-order valence-corrected chi connectivity index (χ2v) is 4.09. The maximum atomic E-state index is 10.8. The lowest BCUT2D eigenvalue weighted by Crippen LogP contribution is -2.38. The average Bonchev–Trinajstić information content (AvgIpc) is 2.26. The van der Waals surface area contributed by atoms with E-state index in [1.807, 2.05) is 0 Å². The fraction of sp³-hybridized carbons (Fsp3) is 0.250. The molecule has 5 heteroatoms.